The summed E-state index contributed by atoms with van der Waals surface area (Å²) in [6.45, 7) is 5.88. The third-order valence-corrected chi connectivity index (χ3v) is 6.35. The van der Waals surface area contributed by atoms with Gasteiger partial charge in [0.2, 0.25) is 0 Å². The van der Waals surface area contributed by atoms with Gasteiger partial charge in [-0.3, -0.25) is 9.48 Å². The second kappa shape index (κ2) is 10.1. The monoisotopic (exact) mass is 518 g/mol. The van der Waals surface area contributed by atoms with Crippen molar-refractivity contribution in [2.24, 2.45) is 0 Å². The van der Waals surface area contributed by atoms with Gasteiger partial charge < -0.3 is 14.6 Å². The Morgan fingerprint density at radius 1 is 1.03 bits per heavy atom. The van der Waals surface area contributed by atoms with Crippen molar-refractivity contribution in [2.45, 2.75) is 33.9 Å². The van der Waals surface area contributed by atoms with E-state index in [0.717, 1.165) is 11.3 Å². The van der Waals surface area contributed by atoms with Gasteiger partial charge in [0.25, 0.3) is 5.91 Å². The van der Waals surface area contributed by atoms with Gasteiger partial charge in [0.1, 0.15) is 18.1 Å². The van der Waals surface area contributed by atoms with Crippen LogP contribution in [-0.4, -0.2) is 20.8 Å². The van der Waals surface area contributed by atoms with Gasteiger partial charge in [-0.25, -0.2) is 0 Å². The maximum Gasteiger partial charge on any atom is 0.278 e. The number of halogens is 3. The number of anilines is 1. The molecule has 0 saturated carbocycles. The third-order valence-electron chi connectivity index (χ3n) is 5.39. The summed E-state index contributed by atoms with van der Waals surface area (Å²) in [5.41, 5.74) is 3.43. The first kappa shape index (κ1) is 24.1. The van der Waals surface area contributed by atoms with Gasteiger partial charge >= 0.3 is 0 Å². The average molecular weight is 520 g/mol. The number of amides is 1. The molecule has 10 heteroatoms. The molecule has 176 valence electrons. The molecule has 0 atom stereocenters. The smallest absolute Gasteiger partial charge is 0.278 e. The molecule has 2 aromatic carbocycles. The van der Waals surface area contributed by atoms with Crippen molar-refractivity contribution >= 4 is 46.4 Å². The maximum atomic E-state index is 13.1. The second-order valence-electron chi connectivity index (χ2n) is 7.67. The number of carbonyl (C=O) groups excluding carboxylic acids is 1. The number of hydrogen-bond acceptors (Lipinski definition) is 5. The molecule has 2 aromatic heterocycles. The van der Waals surface area contributed by atoms with Crippen molar-refractivity contribution in [1.82, 2.24) is 14.9 Å². The highest BCUT2D eigenvalue weighted by Gasteiger charge is 2.23. The molecule has 1 N–H and O–H groups in total. The van der Waals surface area contributed by atoms with E-state index in [4.69, 9.17) is 44.1 Å². The first-order chi connectivity index (χ1) is 16.2. The quantitative estimate of drug-likeness (QED) is 0.296. The lowest BCUT2D eigenvalue weighted by Crippen LogP contribution is -2.16. The van der Waals surface area contributed by atoms with Crippen LogP contribution in [0.4, 0.5) is 5.69 Å². The number of rotatable bonds is 7. The molecule has 0 unspecified atom stereocenters. The van der Waals surface area contributed by atoms with Crippen LogP contribution >= 0.6 is 34.8 Å². The summed E-state index contributed by atoms with van der Waals surface area (Å²) >= 11 is 18.5. The van der Waals surface area contributed by atoms with Crippen molar-refractivity contribution in [3.63, 3.8) is 0 Å². The fourth-order valence-corrected chi connectivity index (χ4v) is 4.11. The van der Waals surface area contributed by atoms with Crippen molar-refractivity contribution in [2.75, 3.05) is 5.32 Å². The van der Waals surface area contributed by atoms with Gasteiger partial charge in [0.15, 0.2) is 5.69 Å². The van der Waals surface area contributed by atoms with Crippen molar-refractivity contribution in [1.29, 1.82) is 0 Å². The summed E-state index contributed by atoms with van der Waals surface area (Å²) < 4.78 is 12.8. The maximum absolute atomic E-state index is 13.1. The van der Waals surface area contributed by atoms with E-state index in [9.17, 15) is 4.79 Å². The van der Waals surface area contributed by atoms with Gasteiger partial charge in [-0.2, -0.15) is 5.10 Å². The highest BCUT2D eigenvalue weighted by Crippen LogP contribution is 2.28. The van der Waals surface area contributed by atoms with Crippen LogP contribution in [0.3, 0.4) is 0 Å². The van der Waals surface area contributed by atoms with Crippen LogP contribution in [0.2, 0.25) is 15.1 Å². The minimum absolute atomic E-state index is 0.113. The molecule has 0 spiro atoms. The van der Waals surface area contributed by atoms with Crippen LogP contribution in [0.5, 0.6) is 5.75 Å². The number of benzene rings is 2. The van der Waals surface area contributed by atoms with E-state index in [0.29, 0.717) is 50.1 Å². The van der Waals surface area contributed by atoms with E-state index in [1.807, 2.05) is 13.8 Å². The van der Waals surface area contributed by atoms with Crippen LogP contribution in [0, 0.1) is 20.8 Å². The standard InChI is InChI=1S/C24H21Cl3N4O3/c1-13-22(14(2)31(29-13)11-18-20(26)5-4-6-21(18)27)28-24(32)23-19(15(3)34-30-23)12-33-17-9-7-16(25)8-10-17/h4-10H,11-12H2,1-3H3,(H,28,32). The summed E-state index contributed by atoms with van der Waals surface area (Å²) in [7, 11) is 0. The van der Waals surface area contributed by atoms with Gasteiger partial charge in [-0.1, -0.05) is 46.0 Å². The lowest BCUT2D eigenvalue weighted by Gasteiger charge is -2.10. The third kappa shape index (κ3) is 5.06. The molecular formula is C24H21Cl3N4O3. The van der Waals surface area contributed by atoms with Gasteiger partial charge in [0, 0.05) is 20.6 Å². The first-order valence-electron chi connectivity index (χ1n) is 10.4. The number of hydrogen-bond donors (Lipinski definition) is 1. The van der Waals surface area contributed by atoms with Crippen molar-refractivity contribution < 1.29 is 14.1 Å². The molecule has 0 saturated heterocycles. The second-order valence-corrected chi connectivity index (χ2v) is 8.92. The van der Waals surface area contributed by atoms with Crippen molar-refractivity contribution in [3.8, 4) is 5.75 Å². The van der Waals surface area contributed by atoms with Crippen LogP contribution in [0.1, 0.15) is 38.8 Å². The minimum atomic E-state index is -0.423. The summed E-state index contributed by atoms with van der Waals surface area (Å²) in [6, 6.07) is 12.3. The molecule has 0 aliphatic rings. The Morgan fingerprint density at radius 3 is 2.38 bits per heavy atom. The lowest BCUT2D eigenvalue weighted by atomic mass is 10.2. The average Bonchev–Trinajstić information content (AvgIpc) is 3.30. The molecule has 1 amide bonds. The number of carbonyl (C=O) groups is 1. The van der Waals surface area contributed by atoms with Crippen molar-refractivity contribution in [3.05, 3.63) is 91.5 Å². The molecule has 34 heavy (non-hydrogen) atoms. The Bertz CT molecular complexity index is 1330. The van der Waals surface area contributed by atoms with Gasteiger partial charge in [-0.15, -0.1) is 0 Å². The van der Waals surface area contributed by atoms with Gasteiger partial charge in [0.05, 0.1) is 29.2 Å². The predicted molar refractivity (Wildman–Crippen MR) is 132 cm³/mol. The molecule has 0 radical (unpaired) electrons. The SMILES string of the molecule is Cc1nn(Cc2c(Cl)cccc2Cl)c(C)c1NC(=O)c1noc(C)c1COc1ccc(Cl)cc1. The Morgan fingerprint density at radius 2 is 1.71 bits per heavy atom. The van der Waals surface area contributed by atoms with E-state index >= 15 is 0 Å². The van der Waals surface area contributed by atoms with Crippen LogP contribution < -0.4 is 10.1 Å². The van der Waals surface area contributed by atoms with E-state index in [2.05, 4.69) is 15.6 Å². The van der Waals surface area contributed by atoms with E-state index in [1.165, 1.54) is 0 Å². The molecule has 0 aliphatic carbocycles. The van der Waals surface area contributed by atoms with E-state index in [-0.39, 0.29) is 12.3 Å². The number of aromatic nitrogens is 3. The highest BCUT2D eigenvalue weighted by molar-refractivity contribution is 6.36. The summed E-state index contributed by atoms with van der Waals surface area (Å²) in [6.07, 6.45) is 0. The minimum Gasteiger partial charge on any atom is -0.489 e. The molecule has 0 aliphatic heterocycles. The van der Waals surface area contributed by atoms with Gasteiger partial charge in [-0.05, 0) is 57.2 Å². The summed E-state index contributed by atoms with van der Waals surface area (Å²) in [5.74, 6) is 0.687. The number of aryl methyl sites for hydroxylation is 2. The zero-order valence-corrected chi connectivity index (χ0v) is 20.9. The molecule has 7 nitrogen and oxygen atoms in total. The fourth-order valence-electron chi connectivity index (χ4n) is 3.46. The number of nitrogens with one attached hydrogen (secondary N) is 1. The largest absolute Gasteiger partial charge is 0.489 e. The number of nitrogens with zero attached hydrogens (tertiary/aromatic N) is 3. The Hall–Kier alpha value is -3.00. The normalized spacial score (nSPS) is 11.0. The molecule has 4 rings (SSSR count). The van der Waals surface area contributed by atoms with E-state index in [1.54, 1.807) is 54.1 Å². The summed E-state index contributed by atoms with van der Waals surface area (Å²) in [4.78, 5) is 13.1. The summed E-state index contributed by atoms with van der Waals surface area (Å²) in [5, 5.41) is 13.1. The zero-order valence-electron chi connectivity index (χ0n) is 18.7. The molecule has 0 bridgehead atoms. The van der Waals surface area contributed by atoms with Crippen LogP contribution in [0.15, 0.2) is 47.0 Å². The Labute approximate surface area is 211 Å². The highest BCUT2D eigenvalue weighted by atomic mass is 35.5. The zero-order chi connectivity index (χ0) is 24.4. The fraction of sp³-hybridized carbons (Fsp3) is 0.208. The molecule has 2 heterocycles. The van der Waals surface area contributed by atoms with E-state index < -0.39 is 5.91 Å². The van der Waals surface area contributed by atoms with Crippen LogP contribution in [0.25, 0.3) is 0 Å². The Balaban J connectivity index is 1.53. The van der Waals surface area contributed by atoms with Crippen LogP contribution in [-0.2, 0) is 13.2 Å². The first-order valence-corrected chi connectivity index (χ1v) is 11.5. The lowest BCUT2D eigenvalue weighted by molar-refractivity contribution is 0.101. The molecular weight excluding hydrogens is 499 g/mol. The topological polar surface area (TPSA) is 82.2 Å². The molecule has 0 fully saturated rings. The Kier molecular flexibility index (Phi) is 7.16. The predicted octanol–water partition coefficient (Wildman–Crippen LogP) is 6.64. The molecule has 4 aromatic rings. The number of ether oxygens (including phenoxy) is 1.